The summed E-state index contributed by atoms with van der Waals surface area (Å²) in [6.07, 6.45) is -0.738. The van der Waals surface area contributed by atoms with Gasteiger partial charge in [0.25, 0.3) is 0 Å². The molecule has 186 valence electrons. The van der Waals surface area contributed by atoms with Crippen LogP contribution in [0.15, 0.2) is 35.9 Å². The minimum absolute atomic E-state index is 0.103. The SMILES string of the molecule is COC(=O)C1=C(c2ccc3c(c2)OCO3)O[C@@H](c2cc(OC)c(OC)c(OC)c2)[C@@H]1COC(C)=O. The number of ether oxygens (including phenoxy) is 8. The molecule has 2 atom stereocenters. The molecule has 10 nitrogen and oxygen atoms in total. The average Bonchev–Trinajstić information content (AvgIpc) is 3.50. The normalized spacial score (nSPS) is 18.1. The van der Waals surface area contributed by atoms with Crippen LogP contribution in [0, 0.1) is 5.92 Å². The number of carbonyl (C=O) groups is 2. The number of esters is 2. The first kappa shape index (κ1) is 24.1. The Labute approximate surface area is 202 Å². The second kappa shape index (κ2) is 10.0. The van der Waals surface area contributed by atoms with Gasteiger partial charge in [-0.3, -0.25) is 4.79 Å². The van der Waals surface area contributed by atoms with Crippen LogP contribution in [0.25, 0.3) is 5.76 Å². The Kier molecular flexibility index (Phi) is 6.90. The molecule has 0 saturated carbocycles. The second-order valence-corrected chi connectivity index (χ2v) is 7.71. The highest BCUT2D eigenvalue weighted by molar-refractivity contribution is 5.98. The lowest BCUT2D eigenvalue weighted by atomic mass is 9.89. The van der Waals surface area contributed by atoms with E-state index in [0.717, 1.165) is 0 Å². The fourth-order valence-corrected chi connectivity index (χ4v) is 4.15. The highest BCUT2D eigenvalue weighted by Gasteiger charge is 2.44. The lowest BCUT2D eigenvalue weighted by molar-refractivity contribution is -0.144. The van der Waals surface area contributed by atoms with Gasteiger partial charge in [0.15, 0.2) is 23.0 Å². The molecule has 2 heterocycles. The van der Waals surface area contributed by atoms with Crippen molar-refractivity contribution in [2.45, 2.75) is 13.0 Å². The first-order valence-electron chi connectivity index (χ1n) is 10.7. The van der Waals surface area contributed by atoms with Crippen molar-refractivity contribution < 1.29 is 47.5 Å². The van der Waals surface area contributed by atoms with E-state index < -0.39 is 24.0 Å². The second-order valence-electron chi connectivity index (χ2n) is 7.71. The van der Waals surface area contributed by atoms with E-state index >= 15 is 0 Å². The van der Waals surface area contributed by atoms with E-state index in [2.05, 4.69) is 0 Å². The van der Waals surface area contributed by atoms with Gasteiger partial charge in [0.05, 0.1) is 39.9 Å². The van der Waals surface area contributed by atoms with Crippen molar-refractivity contribution in [1.29, 1.82) is 0 Å². The lowest BCUT2D eigenvalue weighted by Gasteiger charge is -2.23. The van der Waals surface area contributed by atoms with Crippen LogP contribution >= 0.6 is 0 Å². The smallest absolute Gasteiger partial charge is 0.338 e. The standard InChI is InChI=1S/C25H26O10/c1-13(26)32-11-16-21(25(27)31-5)23(14-6-7-17-18(8-14)34-12-33-17)35-22(16)15-9-19(28-2)24(30-4)20(10-15)29-3/h6-10,16,22H,11-12H2,1-5H3/t16-,22+/m1/s1. The Bertz CT molecular complexity index is 1140. The zero-order chi connectivity index (χ0) is 25.1. The van der Waals surface area contributed by atoms with Crippen LogP contribution in [0.5, 0.6) is 28.7 Å². The van der Waals surface area contributed by atoms with Crippen molar-refractivity contribution in [2.24, 2.45) is 5.92 Å². The summed E-state index contributed by atoms with van der Waals surface area (Å²) < 4.78 is 44.1. The summed E-state index contributed by atoms with van der Waals surface area (Å²) in [5.41, 5.74) is 1.43. The maximum atomic E-state index is 13.0. The van der Waals surface area contributed by atoms with Gasteiger partial charge in [0.2, 0.25) is 12.5 Å². The molecule has 4 rings (SSSR count). The van der Waals surface area contributed by atoms with Gasteiger partial charge in [0.1, 0.15) is 18.5 Å². The van der Waals surface area contributed by atoms with Gasteiger partial charge in [0, 0.05) is 18.1 Å². The molecule has 2 aromatic carbocycles. The van der Waals surface area contributed by atoms with E-state index in [1.165, 1.54) is 35.4 Å². The number of hydrogen-bond donors (Lipinski definition) is 0. The average molecular weight is 486 g/mol. The van der Waals surface area contributed by atoms with E-state index in [0.29, 0.717) is 39.9 Å². The molecule has 0 spiro atoms. The molecule has 0 saturated heterocycles. The summed E-state index contributed by atoms with van der Waals surface area (Å²) in [4.78, 5) is 24.7. The zero-order valence-electron chi connectivity index (χ0n) is 20.0. The van der Waals surface area contributed by atoms with Crippen LogP contribution in [-0.2, 0) is 23.8 Å². The van der Waals surface area contributed by atoms with Crippen molar-refractivity contribution in [2.75, 3.05) is 41.8 Å². The molecule has 0 aliphatic carbocycles. The Balaban J connectivity index is 1.84. The van der Waals surface area contributed by atoms with Crippen LogP contribution < -0.4 is 23.7 Å². The van der Waals surface area contributed by atoms with Crippen molar-refractivity contribution in [1.82, 2.24) is 0 Å². The Hall–Kier alpha value is -4.08. The van der Waals surface area contributed by atoms with Gasteiger partial charge < -0.3 is 37.9 Å². The fourth-order valence-electron chi connectivity index (χ4n) is 4.15. The molecule has 2 aliphatic rings. The molecule has 0 N–H and O–H groups in total. The van der Waals surface area contributed by atoms with Gasteiger partial charge in [-0.2, -0.15) is 0 Å². The first-order valence-corrected chi connectivity index (χ1v) is 10.7. The van der Waals surface area contributed by atoms with E-state index in [9.17, 15) is 9.59 Å². The minimum Gasteiger partial charge on any atom is -0.493 e. The van der Waals surface area contributed by atoms with E-state index in [-0.39, 0.29) is 24.7 Å². The molecule has 2 aromatic rings. The number of carbonyl (C=O) groups excluding carboxylic acids is 2. The highest BCUT2D eigenvalue weighted by atomic mass is 16.7. The molecule has 0 unspecified atom stereocenters. The topological polar surface area (TPSA) is 108 Å². The summed E-state index contributed by atoms with van der Waals surface area (Å²) in [5, 5.41) is 0. The predicted molar refractivity (Wildman–Crippen MR) is 122 cm³/mol. The molecule has 0 bridgehead atoms. The first-order chi connectivity index (χ1) is 16.9. The molecule has 0 radical (unpaired) electrons. The maximum absolute atomic E-state index is 13.0. The van der Waals surface area contributed by atoms with Crippen LogP contribution in [0.4, 0.5) is 0 Å². The quantitative estimate of drug-likeness (QED) is 0.516. The summed E-state index contributed by atoms with van der Waals surface area (Å²) in [7, 11) is 5.79. The molecular formula is C25H26O10. The minimum atomic E-state index is -0.738. The van der Waals surface area contributed by atoms with E-state index in [4.69, 9.17) is 37.9 Å². The van der Waals surface area contributed by atoms with Crippen molar-refractivity contribution in [3.05, 3.63) is 47.0 Å². The molecule has 35 heavy (non-hydrogen) atoms. The monoisotopic (exact) mass is 486 g/mol. The van der Waals surface area contributed by atoms with Crippen LogP contribution in [0.3, 0.4) is 0 Å². The Morgan fingerprint density at radius 2 is 1.63 bits per heavy atom. The van der Waals surface area contributed by atoms with Crippen molar-refractivity contribution in [3.63, 3.8) is 0 Å². The molecular weight excluding hydrogens is 460 g/mol. The number of rotatable bonds is 8. The molecule has 0 fully saturated rings. The number of benzene rings is 2. The Morgan fingerprint density at radius 3 is 2.23 bits per heavy atom. The zero-order valence-corrected chi connectivity index (χ0v) is 20.0. The van der Waals surface area contributed by atoms with Gasteiger partial charge in [-0.15, -0.1) is 0 Å². The summed E-state index contributed by atoms with van der Waals surface area (Å²) in [6, 6.07) is 8.67. The largest absolute Gasteiger partial charge is 0.493 e. The lowest BCUT2D eigenvalue weighted by Crippen LogP contribution is -2.23. The predicted octanol–water partition coefficient (Wildman–Crippen LogP) is 3.28. The number of methoxy groups -OCH3 is 4. The highest BCUT2D eigenvalue weighted by Crippen LogP contribution is 2.50. The third-order valence-electron chi connectivity index (χ3n) is 5.75. The van der Waals surface area contributed by atoms with Gasteiger partial charge >= 0.3 is 11.9 Å². The third kappa shape index (κ3) is 4.51. The van der Waals surface area contributed by atoms with Crippen molar-refractivity contribution in [3.8, 4) is 28.7 Å². The third-order valence-corrected chi connectivity index (χ3v) is 5.75. The Morgan fingerprint density at radius 1 is 0.943 bits per heavy atom. The van der Waals surface area contributed by atoms with E-state index in [1.54, 1.807) is 30.3 Å². The van der Waals surface area contributed by atoms with Gasteiger partial charge in [-0.1, -0.05) is 0 Å². The number of hydrogen-bond acceptors (Lipinski definition) is 10. The summed E-state index contributed by atoms with van der Waals surface area (Å²) in [5.74, 6) is 0.839. The van der Waals surface area contributed by atoms with Crippen LogP contribution in [0.2, 0.25) is 0 Å². The van der Waals surface area contributed by atoms with Crippen LogP contribution in [-0.4, -0.2) is 53.8 Å². The molecule has 0 aromatic heterocycles. The molecule has 2 aliphatic heterocycles. The summed E-state index contributed by atoms with van der Waals surface area (Å²) >= 11 is 0. The van der Waals surface area contributed by atoms with Gasteiger partial charge in [-0.25, -0.2) is 4.79 Å². The summed E-state index contributed by atoms with van der Waals surface area (Å²) in [6.45, 7) is 1.28. The maximum Gasteiger partial charge on any atom is 0.338 e. The van der Waals surface area contributed by atoms with E-state index in [1.807, 2.05) is 0 Å². The number of fused-ring (bicyclic) bond motifs is 1. The van der Waals surface area contributed by atoms with Gasteiger partial charge in [-0.05, 0) is 30.3 Å². The molecule has 0 amide bonds. The van der Waals surface area contributed by atoms with Crippen LogP contribution in [0.1, 0.15) is 24.2 Å². The van der Waals surface area contributed by atoms with Crippen molar-refractivity contribution >= 4 is 17.7 Å². The molecule has 10 heteroatoms. The fraction of sp³-hybridized carbons (Fsp3) is 0.360.